The van der Waals surface area contributed by atoms with Crippen LogP contribution in [0, 0.1) is 0 Å². The SMILES string of the molecule is CCC(CC)c1ccc2ccccc2n1.[Al]. The average Bonchev–Trinajstić information content (AvgIpc) is 2.30. The van der Waals surface area contributed by atoms with Crippen LogP contribution in [0.5, 0.6) is 0 Å². The van der Waals surface area contributed by atoms with E-state index in [2.05, 4.69) is 44.2 Å². The number of pyridine rings is 1. The van der Waals surface area contributed by atoms with Gasteiger partial charge in [0.05, 0.1) is 5.52 Å². The van der Waals surface area contributed by atoms with Crippen LogP contribution in [0.25, 0.3) is 10.9 Å². The van der Waals surface area contributed by atoms with Crippen molar-refractivity contribution in [2.24, 2.45) is 0 Å². The van der Waals surface area contributed by atoms with E-state index in [4.69, 9.17) is 4.98 Å². The van der Waals surface area contributed by atoms with Gasteiger partial charge in [-0.05, 0) is 25.0 Å². The normalized spacial score (nSPS) is 10.4. The first-order valence-corrected chi connectivity index (χ1v) is 5.70. The third kappa shape index (κ3) is 2.64. The Balaban J connectivity index is 0.00000128. The molecule has 0 spiro atoms. The summed E-state index contributed by atoms with van der Waals surface area (Å²) in [6, 6.07) is 12.6. The van der Waals surface area contributed by atoms with E-state index in [0.717, 1.165) is 5.52 Å². The monoisotopic (exact) mass is 226 g/mol. The Bertz CT molecular complexity index is 449. The van der Waals surface area contributed by atoms with Crippen LogP contribution in [-0.2, 0) is 0 Å². The lowest BCUT2D eigenvalue weighted by molar-refractivity contribution is 0.626. The maximum Gasteiger partial charge on any atom is 0.0705 e. The van der Waals surface area contributed by atoms with Crippen LogP contribution in [0.2, 0.25) is 0 Å². The number of fused-ring (bicyclic) bond motifs is 1. The molecule has 2 heteroatoms. The average molecular weight is 226 g/mol. The second-order valence-electron chi connectivity index (χ2n) is 3.94. The van der Waals surface area contributed by atoms with Crippen LogP contribution in [0.3, 0.4) is 0 Å². The van der Waals surface area contributed by atoms with Crippen molar-refractivity contribution in [3.63, 3.8) is 0 Å². The smallest absolute Gasteiger partial charge is 0.0705 e. The van der Waals surface area contributed by atoms with Crippen molar-refractivity contribution in [2.75, 3.05) is 0 Å². The van der Waals surface area contributed by atoms with Gasteiger partial charge in [0.1, 0.15) is 0 Å². The third-order valence-corrected chi connectivity index (χ3v) is 3.02. The molecule has 0 unspecified atom stereocenters. The first-order valence-electron chi connectivity index (χ1n) is 5.70. The Morgan fingerprint density at radius 2 is 1.69 bits per heavy atom. The van der Waals surface area contributed by atoms with Gasteiger partial charge < -0.3 is 0 Å². The maximum atomic E-state index is 4.72. The molecule has 0 saturated heterocycles. The molecule has 1 aromatic carbocycles. The zero-order valence-electron chi connectivity index (χ0n) is 9.98. The van der Waals surface area contributed by atoms with Crippen molar-refractivity contribution in [3.05, 3.63) is 42.1 Å². The molecule has 0 fully saturated rings. The Morgan fingerprint density at radius 3 is 2.38 bits per heavy atom. The van der Waals surface area contributed by atoms with Gasteiger partial charge in [-0.25, -0.2) is 0 Å². The number of aromatic nitrogens is 1. The molecule has 16 heavy (non-hydrogen) atoms. The first kappa shape index (κ1) is 13.2. The van der Waals surface area contributed by atoms with Gasteiger partial charge >= 0.3 is 0 Å². The van der Waals surface area contributed by atoms with E-state index < -0.39 is 0 Å². The number of benzene rings is 1. The topological polar surface area (TPSA) is 12.9 Å². The lowest BCUT2D eigenvalue weighted by atomic mass is 9.98. The van der Waals surface area contributed by atoms with Gasteiger partial charge in [-0.2, -0.15) is 0 Å². The highest BCUT2D eigenvalue weighted by Gasteiger charge is 2.08. The van der Waals surface area contributed by atoms with Crippen molar-refractivity contribution < 1.29 is 0 Å². The summed E-state index contributed by atoms with van der Waals surface area (Å²) in [5, 5.41) is 1.23. The molecule has 81 valence electrons. The first-order chi connectivity index (χ1) is 7.35. The Hall–Kier alpha value is -0.838. The zero-order valence-corrected chi connectivity index (χ0v) is 11.1. The van der Waals surface area contributed by atoms with Crippen molar-refractivity contribution in [1.29, 1.82) is 0 Å². The summed E-state index contributed by atoms with van der Waals surface area (Å²) < 4.78 is 0. The van der Waals surface area contributed by atoms with Gasteiger partial charge in [0.25, 0.3) is 0 Å². The number of rotatable bonds is 3. The minimum atomic E-state index is 0. The molecule has 0 aliphatic heterocycles. The minimum absolute atomic E-state index is 0. The Kier molecular flexibility index (Phi) is 4.99. The van der Waals surface area contributed by atoms with E-state index in [0.29, 0.717) is 5.92 Å². The highest BCUT2D eigenvalue weighted by atomic mass is 27.0. The predicted octanol–water partition coefficient (Wildman–Crippen LogP) is 3.76. The molecule has 0 atom stereocenters. The fourth-order valence-corrected chi connectivity index (χ4v) is 2.02. The number of para-hydroxylation sites is 1. The molecule has 1 heterocycles. The molecule has 1 nitrogen and oxygen atoms in total. The van der Waals surface area contributed by atoms with Crippen molar-refractivity contribution >= 4 is 28.3 Å². The second-order valence-corrected chi connectivity index (χ2v) is 3.94. The Labute approximate surface area is 108 Å². The summed E-state index contributed by atoms with van der Waals surface area (Å²) in [6.07, 6.45) is 2.34. The Morgan fingerprint density at radius 1 is 1.00 bits per heavy atom. The molecule has 0 bridgehead atoms. The molecule has 0 aliphatic carbocycles. The standard InChI is InChI=1S/C14H17N.Al/c1-3-11(4-2)14-10-9-12-7-5-6-8-13(12)15-14;/h5-11H,3-4H2,1-2H3;. The molecule has 2 aromatic rings. The molecule has 0 N–H and O–H groups in total. The van der Waals surface area contributed by atoms with Crippen LogP contribution in [0.1, 0.15) is 38.3 Å². The number of hydrogen-bond acceptors (Lipinski definition) is 1. The predicted molar refractivity (Wildman–Crippen MR) is 70.8 cm³/mol. The van der Waals surface area contributed by atoms with E-state index in [9.17, 15) is 0 Å². The largest absolute Gasteiger partial charge is 0.253 e. The molecular formula is C14H17AlN. The summed E-state index contributed by atoms with van der Waals surface area (Å²) in [7, 11) is 0. The van der Waals surface area contributed by atoms with E-state index in [1.54, 1.807) is 0 Å². The second kappa shape index (κ2) is 6.04. The van der Waals surface area contributed by atoms with Gasteiger partial charge in [0, 0.05) is 34.4 Å². The van der Waals surface area contributed by atoms with Crippen LogP contribution in [0.15, 0.2) is 36.4 Å². The van der Waals surface area contributed by atoms with Crippen molar-refractivity contribution in [2.45, 2.75) is 32.6 Å². The molecule has 3 radical (unpaired) electrons. The van der Waals surface area contributed by atoms with Crippen molar-refractivity contribution in [3.8, 4) is 0 Å². The maximum absolute atomic E-state index is 4.72. The third-order valence-electron chi connectivity index (χ3n) is 3.02. The van der Waals surface area contributed by atoms with Crippen LogP contribution in [0.4, 0.5) is 0 Å². The summed E-state index contributed by atoms with van der Waals surface area (Å²) in [5.74, 6) is 0.606. The summed E-state index contributed by atoms with van der Waals surface area (Å²) >= 11 is 0. The fourth-order valence-electron chi connectivity index (χ4n) is 2.02. The molecule has 2 rings (SSSR count). The van der Waals surface area contributed by atoms with Crippen molar-refractivity contribution in [1.82, 2.24) is 4.98 Å². The van der Waals surface area contributed by atoms with Gasteiger partial charge in [-0.1, -0.05) is 38.1 Å². The molecule has 0 amide bonds. The van der Waals surface area contributed by atoms with Crippen LogP contribution < -0.4 is 0 Å². The highest BCUT2D eigenvalue weighted by Crippen LogP contribution is 2.23. The quantitative estimate of drug-likeness (QED) is 0.726. The fraction of sp³-hybridized carbons (Fsp3) is 0.357. The van der Waals surface area contributed by atoms with Gasteiger partial charge in [0.15, 0.2) is 0 Å². The molecule has 0 aliphatic rings. The molecule has 1 aromatic heterocycles. The minimum Gasteiger partial charge on any atom is -0.253 e. The van der Waals surface area contributed by atoms with Gasteiger partial charge in [0.2, 0.25) is 0 Å². The summed E-state index contributed by atoms with van der Waals surface area (Å²) in [6.45, 7) is 4.45. The molecular weight excluding hydrogens is 209 g/mol. The zero-order chi connectivity index (χ0) is 10.7. The van der Waals surface area contributed by atoms with Crippen LogP contribution in [-0.4, -0.2) is 22.3 Å². The van der Waals surface area contributed by atoms with Gasteiger partial charge in [-0.15, -0.1) is 0 Å². The van der Waals surface area contributed by atoms with Gasteiger partial charge in [-0.3, -0.25) is 4.98 Å². The summed E-state index contributed by atoms with van der Waals surface area (Å²) in [5.41, 5.74) is 2.35. The van der Waals surface area contributed by atoms with E-state index in [1.165, 1.54) is 23.9 Å². The van der Waals surface area contributed by atoms with E-state index >= 15 is 0 Å². The lowest BCUT2D eigenvalue weighted by Crippen LogP contribution is -1.98. The summed E-state index contributed by atoms with van der Waals surface area (Å²) in [4.78, 5) is 4.72. The van der Waals surface area contributed by atoms with E-state index in [-0.39, 0.29) is 17.4 Å². The van der Waals surface area contributed by atoms with E-state index in [1.807, 2.05) is 6.07 Å². The lowest BCUT2D eigenvalue weighted by Gasteiger charge is -2.12. The van der Waals surface area contributed by atoms with Crippen LogP contribution >= 0.6 is 0 Å². The molecule has 0 saturated carbocycles. The highest BCUT2D eigenvalue weighted by molar-refractivity contribution is 5.78. The number of hydrogen-bond donors (Lipinski definition) is 0. The number of nitrogens with zero attached hydrogens (tertiary/aromatic N) is 1.